The predicted octanol–water partition coefficient (Wildman–Crippen LogP) is 3.46. The lowest BCUT2D eigenvalue weighted by Gasteiger charge is -2.18. The van der Waals surface area contributed by atoms with Gasteiger partial charge in [-0.15, -0.1) is 0 Å². The van der Waals surface area contributed by atoms with Crippen molar-refractivity contribution in [3.8, 4) is 0 Å². The Balaban J connectivity index is 1.81. The Morgan fingerprint density at radius 1 is 1.06 bits per heavy atom. The minimum absolute atomic E-state index is 1.03. The molecule has 1 aromatic heterocycles. The molecule has 1 aromatic carbocycles. The van der Waals surface area contributed by atoms with Crippen molar-refractivity contribution < 1.29 is 0 Å². The highest BCUT2D eigenvalue weighted by atomic mass is 15.2. The summed E-state index contributed by atoms with van der Waals surface area (Å²) in [6.45, 7) is 3.09. The van der Waals surface area contributed by atoms with Gasteiger partial charge < -0.3 is 4.90 Å². The van der Waals surface area contributed by atoms with Crippen LogP contribution in [0.5, 0.6) is 0 Å². The predicted molar refractivity (Wildman–Crippen MR) is 77.0 cm³/mol. The normalized spacial score (nSPS) is 10.3. The van der Waals surface area contributed by atoms with Gasteiger partial charge in [0.05, 0.1) is 0 Å². The minimum atomic E-state index is 1.03. The molecule has 2 aromatic rings. The summed E-state index contributed by atoms with van der Waals surface area (Å²) in [6, 6.07) is 14.8. The molecule has 2 nitrogen and oxygen atoms in total. The number of benzene rings is 1. The number of anilines is 1. The highest BCUT2D eigenvalue weighted by Crippen LogP contribution is 2.10. The van der Waals surface area contributed by atoms with Crippen LogP contribution in [-0.4, -0.2) is 18.6 Å². The maximum absolute atomic E-state index is 4.43. The van der Waals surface area contributed by atoms with Crippen molar-refractivity contribution in [3.05, 3.63) is 59.8 Å². The lowest BCUT2D eigenvalue weighted by molar-refractivity contribution is 0.777. The van der Waals surface area contributed by atoms with Gasteiger partial charge in [0.15, 0.2) is 0 Å². The van der Waals surface area contributed by atoms with Gasteiger partial charge in [0.25, 0.3) is 0 Å². The van der Waals surface area contributed by atoms with E-state index in [9.17, 15) is 0 Å². The molecule has 0 radical (unpaired) electrons. The van der Waals surface area contributed by atoms with Gasteiger partial charge in [0, 0.05) is 19.8 Å². The van der Waals surface area contributed by atoms with Gasteiger partial charge in [-0.3, -0.25) is 0 Å². The lowest BCUT2D eigenvalue weighted by atomic mass is 10.1. The molecule has 0 amide bonds. The average Bonchev–Trinajstić information content (AvgIpc) is 2.40. The SMILES string of the molecule is Cc1ccc(N(C)CCCc2ccccc2)nc1. The first-order valence-corrected chi connectivity index (χ1v) is 6.43. The highest BCUT2D eigenvalue weighted by Gasteiger charge is 2.01. The first kappa shape index (κ1) is 12.6. The van der Waals surface area contributed by atoms with Gasteiger partial charge in [0.2, 0.25) is 0 Å². The summed E-state index contributed by atoms with van der Waals surface area (Å²) < 4.78 is 0. The second kappa shape index (κ2) is 6.20. The number of hydrogen-bond donors (Lipinski definition) is 0. The van der Waals surface area contributed by atoms with Crippen LogP contribution in [-0.2, 0) is 6.42 Å². The summed E-state index contributed by atoms with van der Waals surface area (Å²) in [6.07, 6.45) is 4.19. The Kier molecular flexibility index (Phi) is 4.35. The summed E-state index contributed by atoms with van der Waals surface area (Å²) in [7, 11) is 2.10. The Bertz CT molecular complexity index is 462. The zero-order chi connectivity index (χ0) is 12.8. The summed E-state index contributed by atoms with van der Waals surface area (Å²) in [5, 5.41) is 0. The van der Waals surface area contributed by atoms with E-state index in [0.717, 1.165) is 25.2 Å². The van der Waals surface area contributed by atoms with Crippen LogP contribution in [0.1, 0.15) is 17.5 Å². The van der Waals surface area contributed by atoms with E-state index in [1.807, 2.05) is 6.20 Å². The van der Waals surface area contributed by atoms with E-state index in [0.29, 0.717) is 0 Å². The van der Waals surface area contributed by atoms with Crippen LogP contribution in [0.15, 0.2) is 48.7 Å². The van der Waals surface area contributed by atoms with Crippen molar-refractivity contribution in [2.75, 3.05) is 18.5 Å². The fourth-order valence-corrected chi connectivity index (χ4v) is 1.97. The van der Waals surface area contributed by atoms with Crippen LogP contribution in [0.3, 0.4) is 0 Å². The third-order valence-electron chi connectivity index (χ3n) is 3.09. The summed E-state index contributed by atoms with van der Waals surface area (Å²) >= 11 is 0. The van der Waals surface area contributed by atoms with E-state index in [4.69, 9.17) is 0 Å². The Morgan fingerprint density at radius 2 is 1.83 bits per heavy atom. The molecule has 0 unspecified atom stereocenters. The van der Waals surface area contributed by atoms with Gasteiger partial charge in [-0.1, -0.05) is 36.4 Å². The van der Waals surface area contributed by atoms with Gasteiger partial charge >= 0.3 is 0 Å². The molecule has 2 heteroatoms. The summed E-state index contributed by atoms with van der Waals surface area (Å²) in [5.74, 6) is 1.05. The molecular weight excluding hydrogens is 220 g/mol. The topological polar surface area (TPSA) is 16.1 Å². The molecule has 94 valence electrons. The first-order chi connectivity index (χ1) is 8.75. The summed E-state index contributed by atoms with van der Waals surface area (Å²) in [4.78, 5) is 6.64. The fourth-order valence-electron chi connectivity index (χ4n) is 1.97. The van der Waals surface area contributed by atoms with Crippen LogP contribution >= 0.6 is 0 Å². The van der Waals surface area contributed by atoms with Crippen molar-refractivity contribution in [2.45, 2.75) is 19.8 Å². The molecule has 0 aliphatic carbocycles. The van der Waals surface area contributed by atoms with E-state index in [2.05, 4.69) is 66.3 Å². The zero-order valence-corrected chi connectivity index (χ0v) is 11.1. The monoisotopic (exact) mass is 240 g/mol. The van der Waals surface area contributed by atoms with Gasteiger partial charge in [-0.05, 0) is 37.0 Å². The van der Waals surface area contributed by atoms with E-state index >= 15 is 0 Å². The van der Waals surface area contributed by atoms with Crippen molar-refractivity contribution in [1.29, 1.82) is 0 Å². The molecule has 0 N–H and O–H groups in total. The molecular formula is C16H20N2. The van der Waals surface area contributed by atoms with Crippen molar-refractivity contribution in [2.24, 2.45) is 0 Å². The molecule has 1 heterocycles. The molecule has 0 aliphatic heterocycles. The quantitative estimate of drug-likeness (QED) is 0.795. The largest absolute Gasteiger partial charge is 0.360 e. The maximum atomic E-state index is 4.43. The van der Waals surface area contributed by atoms with E-state index < -0.39 is 0 Å². The van der Waals surface area contributed by atoms with Gasteiger partial charge in [0.1, 0.15) is 5.82 Å². The van der Waals surface area contributed by atoms with Crippen molar-refractivity contribution >= 4 is 5.82 Å². The molecule has 0 atom stereocenters. The lowest BCUT2D eigenvalue weighted by Crippen LogP contribution is -2.20. The van der Waals surface area contributed by atoms with E-state index in [-0.39, 0.29) is 0 Å². The Hall–Kier alpha value is -1.83. The van der Waals surface area contributed by atoms with E-state index in [1.54, 1.807) is 0 Å². The highest BCUT2D eigenvalue weighted by molar-refractivity contribution is 5.37. The number of hydrogen-bond acceptors (Lipinski definition) is 2. The number of rotatable bonds is 5. The second-order valence-corrected chi connectivity index (χ2v) is 4.70. The van der Waals surface area contributed by atoms with Crippen LogP contribution in [0.2, 0.25) is 0 Å². The smallest absolute Gasteiger partial charge is 0.128 e. The standard InChI is InChI=1S/C16H20N2/c1-14-10-11-16(17-13-14)18(2)12-6-9-15-7-4-3-5-8-15/h3-5,7-8,10-11,13H,6,9,12H2,1-2H3. The Labute approximate surface area is 109 Å². The number of aryl methyl sites for hydroxylation is 2. The zero-order valence-electron chi connectivity index (χ0n) is 11.1. The average molecular weight is 240 g/mol. The van der Waals surface area contributed by atoms with Crippen LogP contribution < -0.4 is 4.90 Å². The van der Waals surface area contributed by atoms with Crippen molar-refractivity contribution in [3.63, 3.8) is 0 Å². The third kappa shape index (κ3) is 3.59. The molecule has 18 heavy (non-hydrogen) atoms. The van der Waals surface area contributed by atoms with Gasteiger partial charge in [-0.25, -0.2) is 4.98 Å². The molecule has 0 saturated carbocycles. The number of aromatic nitrogens is 1. The minimum Gasteiger partial charge on any atom is -0.360 e. The number of pyridine rings is 1. The second-order valence-electron chi connectivity index (χ2n) is 4.70. The van der Waals surface area contributed by atoms with Gasteiger partial charge in [-0.2, -0.15) is 0 Å². The van der Waals surface area contributed by atoms with Crippen LogP contribution in [0.25, 0.3) is 0 Å². The molecule has 0 saturated heterocycles. The van der Waals surface area contributed by atoms with E-state index in [1.165, 1.54) is 11.1 Å². The molecule has 0 aliphatic rings. The van der Waals surface area contributed by atoms with Crippen molar-refractivity contribution in [1.82, 2.24) is 4.98 Å². The van der Waals surface area contributed by atoms with Crippen LogP contribution in [0, 0.1) is 6.92 Å². The first-order valence-electron chi connectivity index (χ1n) is 6.43. The van der Waals surface area contributed by atoms with Crippen LogP contribution in [0.4, 0.5) is 5.82 Å². The fraction of sp³-hybridized carbons (Fsp3) is 0.312. The Morgan fingerprint density at radius 3 is 2.50 bits per heavy atom. The molecule has 0 fully saturated rings. The summed E-state index contributed by atoms with van der Waals surface area (Å²) in [5.41, 5.74) is 2.61. The third-order valence-corrected chi connectivity index (χ3v) is 3.09. The molecule has 0 spiro atoms. The molecule has 2 rings (SSSR count). The number of nitrogens with zero attached hydrogens (tertiary/aromatic N) is 2. The maximum Gasteiger partial charge on any atom is 0.128 e. The molecule has 0 bridgehead atoms.